The Bertz CT molecular complexity index is 1280. The zero-order valence-electron chi connectivity index (χ0n) is 17.6. The van der Waals surface area contributed by atoms with Gasteiger partial charge in [-0.25, -0.2) is 9.97 Å². The molecule has 0 spiro atoms. The van der Waals surface area contributed by atoms with Gasteiger partial charge in [0, 0.05) is 55.4 Å². The highest BCUT2D eigenvalue weighted by atomic mass is 16.3. The molecular weight excluding hydrogens is 388 g/mol. The average molecular weight is 415 g/mol. The second kappa shape index (κ2) is 7.20. The van der Waals surface area contributed by atoms with Crippen LogP contribution < -0.4 is 10.2 Å². The molecule has 6 rings (SSSR count). The van der Waals surface area contributed by atoms with Crippen LogP contribution in [0.25, 0.3) is 33.2 Å². The van der Waals surface area contributed by atoms with E-state index in [1.54, 1.807) is 10.7 Å². The van der Waals surface area contributed by atoms with Crippen LogP contribution in [0.4, 0.5) is 5.82 Å². The smallest absolute Gasteiger partial charge is 0.129 e. The Hall–Kier alpha value is -3.19. The number of benzene rings is 1. The van der Waals surface area contributed by atoms with E-state index in [0.717, 1.165) is 52.6 Å². The molecule has 2 N–H and O–H groups in total. The SMILES string of the molecule is Cn1cc2cc(-c3ccc4nc(N5CC[C@H](NC6CCC6)C5)ccc4n3)c(O)cc2n1. The minimum atomic E-state index is 0.185. The number of aromatic nitrogens is 4. The molecule has 0 bridgehead atoms. The summed E-state index contributed by atoms with van der Waals surface area (Å²) < 4.78 is 1.75. The van der Waals surface area contributed by atoms with Gasteiger partial charge in [0.25, 0.3) is 0 Å². The molecule has 2 fully saturated rings. The monoisotopic (exact) mass is 414 g/mol. The molecule has 1 aliphatic carbocycles. The number of phenols is 1. The first-order valence-corrected chi connectivity index (χ1v) is 11.1. The van der Waals surface area contributed by atoms with Crippen molar-refractivity contribution in [1.82, 2.24) is 25.1 Å². The summed E-state index contributed by atoms with van der Waals surface area (Å²) in [5.74, 6) is 1.20. The first-order chi connectivity index (χ1) is 15.1. The zero-order valence-corrected chi connectivity index (χ0v) is 17.6. The maximum absolute atomic E-state index is 10.5. The van der Waals surface area contributed by atoms with E-state index in [0.29, 0.717) is 11.6 Å². The van der Waals surface area contributed by atoms with Gasteiger partial charge < -0.3 is 15.3 Å². The average Bonchev–Trinajstić information content (AvgIpc) is 3.35. The van der Waals surface area contributed by atoms with Gasteiger partial charge in [-0.15, -0.1) is 0 Å². The maximum atomic E-state index is 10.5. The number of aryl methyl sites for hydroxylation is 1. The van der Waals surface area contributed by atoms with Crippen molar-refractivity contribution in [3.63, 3.8) is 0 Å². The van der Waals surface area contributed by atoms with E-state index in [-0.39, 0.29) is 5.75 Å². The van der Waals surface area contributed by atoms with Crippen molar-refractivity contribution in [1.29, 1.82) is 0 Å². The molecule has 31 heavy (non-hydrogen) atoms. The fourth-order valence-corrected chi connectivity index (χ4v) is 4.73. The molecule has 0 unspecified atom stereocenters. The number of aromatic hydroxyl groups is 1. The van der Waals surface area contributed by atoms with Crippen molar-refractivity contribution in [3.8, 4) is 17.0 Å². The Morgan fingerprint density at radius 3 is 2.65 bits per heavy atom. The number of pyridine rings is 2. The Balaban J connectivity index is 1.27. The molecule has 3 aromatic heterocycles. The van der Waals surface area contributed by atoms with Crippen molar-refractivity contribution < 1.29 is 5.11 Å². The predicted octanol–water partition coefficient (Wildman–Crippen LogP) is 3.61. The number of hydrogen-bond donors (Lipinski definition) is 2. The van der Waals surface area contributed by atoms with E-state index < -0.39 is 0 Å². The van der Waals surface area contributed by atoms with Gasteiger partial charge in [0.05, 0.1) is 22.2 Å². The molecule has 7 heteroatoms. The van der Waals surface area contributed by atoms with Crippen LogP contribution in [-0.4, -0.2) is 50.0 Å². The third kappa shape index (κ3) is 3.39. The fourth-order valence-electron chi connectivity index (χ4n) is 4.73. The molecule has 1 saturated heterocycles. The number of nitrogens with zero attached hydrogens (tertiary/aromatic N) is 5. The van der Waals surface area contributed by atoms with Crippen molar-refractivity contribution >= 4 is 27.8 Å². The summed E-state index contributed by atoms with van der Waals surface area (Å²) in [4.78, 5) is 12.0. The number of nitrogens with one attached hydrogen (secondary N) is 1. The molecule has 1 saturated carbocycles. The van der Waals surface area contributed by atoms with Crippen molar-refractivity contribution in [3.05, 3.63) is 42.6 Å². The first-order valence-electron chi connectivity index (χ1n) is 11.1. The topological polar surface area (TPSA) is 79.1 Å². The number of phenolic OH excluding ortho intramolecular Hbond substituents is 1. The summed E-state index contributed by atoms with van der Waals surface area (Å²) in [7, 11) is 1.88. The molecule has 4 aromatic rings. The Labute approximate surface area is 180 Å². The fraction of sp³-hybridized carbons (Fsp3) is 0.375. The summed E-state index contributed by atoms with van der Waals surface area (Å²) >= 11 is 0. The molecule has 1 aromatic carbocycles. The lowest BCUT2D eigenvalue weighted by Crippen LogP contribution is -2.43. The van der Waals surface area contributed by atoms with Crippen molar-refractivity contribution in [2.24, 2.45) is 7.05 Å². The summed E-state index contributed by atoms with van der Waals surface area (Å²) in [6, 6.07) is 12.9. The largest absolute Gasteiger partial charge is 0.507 e. The second-order valence-corrected chi connectivity index (χ2v) is 8.86. The quantitative estimate of drug-likeness (QED) is 0.531. The van der Waals surface area contributed by atoms with E-state index in [2.05, 4.69) is 21.4 Å². The molecule has 2 aliphatic rings. The van der Waals surface area contributed by atoms with E-state index in [1.165, 1.54) is 25.7 Å². The van der Waals surface area contributed by atoms with Gasteiger partial charge in [0.2, 0.25) is 0 Å². The van der Waals surface area contributed by atoms with Gasteiger partial charge in [-0.05, 0) is 49.6 Å². The van der Waals surface area contributed by atoms with Crippen LogP contribution in [0.1, 0.15) is 25.7 Å². The van der Waals surface area contributed by atoms with E-state index >= 15 is 0 Å². The van der Waals surface area contributed by atoms with Gasteiger partial charge in [0.15, 0.2) is 0 Å². The lowest BCUT2D eigenvalue weighted by Gasteiger charge is -2.30. The molecule has 0 radical (unpaired) electrons. The summed E-state index contributed by atoms with van der Waals surface area (Å²) in [6.07, 6.45) is 7.12. The second-order valence-electron chi connectivity index (χ2n) is 8.86. The highest BCUT2D eigenvalue weighted by molar-refractivity contribution is 5.88. The standard InChI is InChI=1S/C24H26N6O/c1-29-13-15-11-18(23(31)12-22(15)28-29)19-5-6-21-20(26-19)7-8-24(27-21)30-10-9-17(14-30)25-16-3-2-4-16/h5-8,11-13,16-17,25,31H,2-4,9-10,14H2,1H3/t17-/m0/s1. The number of rotatable bonds is 4. The van der Waals surface area contributed by atoms with Gasteiger partial charge in [-0.3, -0.25) is 4.68 Å². The molecule has 1 atom stereocenters. The lowest BCUT2D eigenvalue weighted by atomic mass is 9.92. The molecule has 158 valence electrons. The normalized spacial score (nSPS) is 19.4. The summed E-state index contributed by atoms with van der Waals surface area (Å²) in [5, 5.41) is 19.6. The van der Waals surface area contributed by atoms with E-state index in [9.17, 15) is 5.11 Å². The Morgan fingerprint density at radius 2 is 1.81 bits per heavy atom. The zero-order chi connectivity index (χ0) is 20.9. The van der Waals surface area contributed by atoms with Crippen molar-refractivity contribution in [2.75, 3.05) is 18.0 Å². The highest BCUT2D eigenvalue weighted by Crippen LogP contribution is 2.33. The van der Waals surface area contributed by atoms with Crippen LogP contribution in [0, 0.1) is 0 Å². The third-order valence-corrected chi connectivity index (χ3v) is 6.63. The highest BCUT2D eigenvalue weighted by Gasteiger charge is 2.27. The van der Waals surface area contributed by atoms with Crippen LogP contribution in [-0.2, 0) is 7.05 Å². The Kier molecular flexibility index (Phi) is 4.31. The summed E-state index contributed by atoms with van der Waals surface area (Å²) in [6.45, 7) is 2.05. The molecule has 7 nitrogen and oxygen atoms in total. The number of fused-ring (bicyclic) bond motifs is 2. The van der Waals surface area contributed by atoms with E-state index in [1.807, 2.05) is 37.5 Å². The lowest BCUT2D eigenvalue weighted by molar-refractivity contribution is 0.311. The Morgan fingerprint density at radius 1 is 0.968 bits per heavy atom. The van der Waals surface area contributed by atoms with Gasteiger partial charge in [-0.2, -0.15) is 5.10 Å². The van der Waals surface area contributed by atoms with Crippen LogP contribution in [0.5, 0.6) is 5.75 Å². The van der Waals surface area contributed by atoms with Crippen molar-refractivity contribution in [2.45, 2.75) is 37.8 Å². The number of anilines is 1. The predicted molar refractivity (Wildman–Crippen MR) is 122 cm³/mol. The molecular formula is C24H26N6O. The van der Waals surface area contributed by atoms with Gasteiger partial charge in [0.1, 0.15) is 11.6 Å². The number of hydrogen-bond acceptors (Lipinski definition) is 6. The molecule has 4 heterocycles. The third-order valence-electron chi connectivity index (χ3n) is 6.63. The van der Waals surface area contributed by atoms with Gasteiger partial charge in [-0.1, -0.05) is 6.42 Å². The van der Waals surface area contributed by atoms with Gasteiger partial charge >= 0.3 is 0 Å². The molecule has 0 amide bonds. The van der Waals surface area contributed by atoms with Crippen LogP contribution >= 0.6 is 0 Å². The van der Waals surface area contributed by atoms with Crippen LogP contribution in [0.3, 0.4) is 0 Å². The van der Waals surface area contributed by atoms with Crippen LogP contribution in [0.15, 0.2) is 42.6 Å². The first kappa shape index (κ1) is 18.6. The van der Waals surface area contributed by atoms with E-state index in [4.69, 9.17) is 9.97 Å². The maximum Gasteiger partial charge on any atom is 0.129 e. The molecule has 1 aliphatic heterocycles. The summed E-state index contributed by atoms with van der Waals surface area (Å²) in [5.41, 5.74) is 3.91. The minimum Gasteiger partial charge on any atom is -0.507 e. The van der Waals surface area contributed by atoms with Crippen LogP contribution in [0.2, 0.25) is 0 Å². The minimum absolute atomic E-state index is 0.185.